The first-order valence-corrected chi connectivity index (χ1v) is 10.7. The molecule has 1 saturated heterocycles. The molecule has 7 nitrogen and oxygen atoms in total. The summed E-state index contributed by atoms with van der Waals surface area (Å²) in [7, 11) is 0. The van der Waals surface area contributed by atoms with E-state index in [1.807, 2.05) is 6.07 Å². The maximum Gasteiger partial charge on any atom is 0.416 e. The van der Waals surface area contributed by atoms with E-state index in [1.54, 1.807) is 24.3 Å². The van der Waals surface area contributed by atoms with Crippen LogP contribution in [0.15, 0.2) is 54.6 Å². The van der Waals surface area contributed by atoms with Gasteiger partial charge in [-0.25, -0.2) is 4.79 Å². The van der Waals surface area contributed by atoms with Gasteiger partial charge in [0.1, 0.15) is 0 Å². The Balaban J connectivity index is 1.51. The number of carbonyl (C=O) groups excluding carboxylic acids is 2. The lowest BCUT2D eigenvalue weighted by Gasteiger charge is -2.35. The lowest BCUT2D eigenvalue weighted by Crippen LogP contribution is -2.44. The number of alkyl halides is 3. The van der Waals surface area contributed by atoms with Gasteiger partial charge in [0.15, 0.2) is 0 Å². The molecule has 0 aliphatic carbocycles. The zero-order valence-electron chi connectivity index (χ0n) is 18.0. The van der Waals surface area contributed by atoms with Crippen molar-refractivity contribution in [3.63, 3.8) is 0 Å². The highest BCUT2D eigenvalue weighted by molar-refractivity contribution is 5.89. The Hall–Kier alpha value is -3.11. The van der Waals surface area contributed by atoms with Gasteiger partial charge in [-0.05, 0) is 29.8 Å². The zero-order valence-corrected chi connectivity index (χ0v) is 18.0. The normalized spacial score (nSPS) is 15.5. The molecule has 3 amide bonds. The molecule has 1 aliphatic rings. The number of carbonyl (C=O) groups is 2. The molecule has 0 aromatic heterocycles. The predicted octanol–water partition coefficient (Wildman–Crippen LogP) is 3.41. The van der Waals surface area contributed by atoms with E-state index in [-0.39, 0.29) is 31.5 Å². The molecular weight excluding hydrogens is 437 g/mol. The molecule has 10 heteroatoms. The average Bonchev–Trinajstić information content (AvgIpc) is 2.80. The zero-order chi connectivity index (χ0) is 23.7. The topological polar surface area (TPSA) is 82.7 Å². The second kappa shape index (κ2) is 11.7. The van der Waals surface area contributed by atoms with Gasteiger partial charge in [-0.2, -0.15) is 13.2 Å². The molecule has 3 rings (SSSR count). The minimum Gasteiger partial charge on any atom is -0.379 e. The summed E-state index contributed by atoms with van der Waals surface area (Å²) < 4.78 is 44.1. The smallest absolute Gasteiger partial charge is 0.379 e. The molecule has 33 heavy (non-hydrogen) atoms. The van der Waals surface area contributed by atoms with Gasteiger partial charge >= 0.3 is 12.2 Å². The first kappa shape index (κ1) is 24.5. The molecule has 2 aromatic carbocycles. The van der Waals surface area contributed by atoms with Crippen LogP contribution in [0.3, 0.4) is 0 Å². The second-order valence-corrected chi connectivity index (χ2v) is 7.58. The number of nitrogens with one attached hydrogen (secondary N) is 3. The summed E-state index contributed by atoms with van der Waals surface area (Å²) in [4.78, 5) is 26.3. The van der Waals surface area contributed by atoms with E-state index in [1.165, 1.54) is 12.1 Å². The van der Waals surface area contributed by atoms with Crippen molar-refractivity contribution in [2.24, 2.45) is 0 Å². The summed E-state index contributed by atoms with van der Waals surface area (Å²) in [5.41, 5.74) is 0.616. The van der Waals surface area contributed by atoms with Crippen molar-refractivity contribution in [3.05, 3.63) is 65.7 Å². The van der Waals surface area contributed by atoms with Crippen LogP contribution in [0.5, 0.6) is 0 Å². The van der Waals surface area contributed by atoms with E-state index < -0.39 is 17.8 Å². The molecular formula is C23H27F3N4O3. The number of nitrogens with zero attached hydrogens (tertiary/aromatic N) is 1. The Morgan fingerprint density at radius 3 is 2.27 bits per heavy atom. The maximum atomic E-state index is 12.9. The average molecular weight is 464 g/mol. The van der Waals surface area contributed by atoms with E-state index in [9.17, 15) is 22.8 Å². The summed E-state index contributed by atoms with van der Waals surface area (Å²) in [6, 6.07) is 13.2. The number of hydrogen-bond donors (Lipinski definition) is 3. The van der Waals surface area contributed by atoms with Gasteiger partial charge in [0.05, 0.1) is 24.8 Å². The van der Waals surface area contributed by atoms with Crippen molar-refractivity contribution < 1.29 is 27.5 Å². The number of hydrogen-bond acceptors (Lipinski definition) is 4. The van der Waals surface area contributed by atoms with Crippen LogP contribution in [0.2, 0.25) is 0 Å². The van der Waals surface area contributed by atoms with Crippen LogP contribution >= 0.6 is 0 Å². The van der Waals surface area contributed by atoms with Gasteiger partial charge in [0, 0.05) is 38.3 Å². The fourth-order valence-electron chi connectivity index (χ4n) is 3.53. The van der Waals surface area contributed by atoms with Crippen LogP contribution in [0.4, 0.5) is 23.7 Å². The number of anilines is 1. The predicted molar refractivity (Wildman–Crippen MR) is 118 cm³/mol. The van der Waals surface area contributed by atoms with E-state index >= 15 is 0 Å². The molecule has 1 atom stereocenters. The van der Waals surface area contributed by atoms with Gasteiger partial charge in [-0.15, -0.1) is 0 Å². The third-order valence-electron chi connectivity index (χ3n) is 5.27. The van der Waals surface area contributed by atoms with Crippen molar-refractivity contribution >= 4 is 17.6 Å². The van der Waals surface area contributed by atoms with Gasteiger partial charge in [-0.3, -0.25) is 9.69 Å². The third-order valence-corrected chi connectivity index (χ3v) is 5.27. The number of para-hydroxylation sites is 1. The van der Waals surface area contributed by atoms with Crippen LogP contribution in [0.1, 0.15) is 23.6 Å². The van der Waals surface area contributed by atoms with Gasteiger partial charge < -0.3 is 20.7 Å². The number of halogens is 3. The molecule has 0 spiro atoms. The Labute approximate surface area is 190 Å². The minimum absolute atomic E-state index is 0.0745. The summed E-state index contributed by atoms with van der Waals surface area (Å²) >= 11 is 0. The number of benzene rings is 2. The highest BCUT2D eigenvalue weighted by Gasteiger charge is 2.31. The minimum atomic E-state index is -4.40. The van der Waals surface area contributed by atoms with Crippen molar-refractivity contribution in [1.82, 2.24) is 15.5 Å². The monoisotopic (exact) mass is 464 g/mol. The molecule has 2 aromatic rings. The van der Waals surface area contributed by atoms with E-state index in [4.69, 9.17) is 4.74 Å². The quantitative estimate of drug-likeness (QED) is 0.559. The molecule has 1 aliphatic heterocycles. The van der Waals surface area contributed by atoms with Crippen molar-refractivity contribution in [2.75, 3.05) is 44.7 Å². The lowest BCUT2D eigenvalue weighted by atomic mass is 10.0. The van der Waals surface area contributed by atoms with E-state index in [2.05, 4.69) is 20.9 Å². The molecule has 1 unspecified atom stereocenters. The number of morpholine rings is 1. The second-order valence-electron chi connectivity index (χ2n) is 7.58. The Morgan fingerprint density at radius 2 is 1.64 bits per heavy atom. The summed E-state index contributed by atoms with van der Waals surface area (Å²) in [6.45, 7) is 2.65. The summed E-state index contributed by atoms with van der Waals surface area (Å²) in [5.74, 6) is -0.264. The third kappa shape index (κ3) is 7.76. The number of rotatable bonds is 8. The van der Waals surface area contributed by atoms with E-state index in [0.717, 1.165) is 12.1 Å². The van der Waals surface area contributed by atoms with Crippen LogP contribution < -0.4 is 16.0 Å². The summed E-state index contributed by atoms with van der Waals surface area (Å²) in [6.07, 6.45) is -4.33. The van der Waals surface area contributed by atoms with Gasteiger partial charge in [0.2, 0.25) is 5.91 Å². The molecule has 0 bridgehead atoms. The van der Waals surface area contributed by atoms with Crippen molar-refractivity contribution in [1.29, 1.82) is 0 Å². The van der Waals surface area contributed by atoms with Gasteiger partial charge in [-0.1, -0.05) is 30.3 Å². The number of ether oxygens (including phenoxy) is 1. The fraction of sp³-hybridized carbons (Fsp3) is 0.391. The fourth-order valence-corrected chi connectivity index (χ4v) is 3.53. The molecule has 1 heterocycles. The molecule has 1 fully saturated rings. The van der Waals surface area contributed by atoms with Crippen molar-refractivity contribution in [2.45, 2.75) is 18.6 Å². The van der Waals surface area contributed by atoms with Crippen molar-refractivity contribution in [3.8, 4) is 0 Å². The maximum absolute atomic E-state index is 12.9. The Bertz CT molecular complexity index is 901. The number of urea groups is 1. The largest absolute Gasteiger partial charge is 0.416 e. The first-order chi connectivity index (χ1) is 15.8. The SMILES string of the molecule is O=C(CCNC(=O)Nc1ccccc1)NCC(c1ccc(C(F)(F)F)cc1)N1CCOCC1. The summed E-state index contributed by atoms with van der Waals surface area (Å²) in [5, 5.41) is 8.12. The Morgan fingerprint density at radius 1 is 0.970 bits per heavy atom. The van der Waals surface area contributed by atoms with Crippen LogP contribution in [0, 0.1) is 0 Å². The van der Waals surface area contributed by atoms with Crippen LogP contribution in [-0.2, 0) is 15.7 Å². The lowest BCUT2D eigenvalue weighted by molar-refractivity contribution is -0.137. The Kier molecular flexibility index (Phi) is 8.67. The highest BCUT2D eigenvalue weighted by Crippen LogP contribution is 2.31. The van der Waals surface area contributed by atoms with Crippen LogP contribution in [0.25, 0.3) is 0 Å². The van der Waals surface area contributed by atoms with Gasteiger partial charge in [0.25, 0.3) is 0 Å². The standard InChI is InChI=1S/C23H27F3N4O3/c24-23(25,26)18-8-6-17(7-9-18)20(30-12-14-33-15-13-30)16-28-21(31)10-11-27-22(32)29-19-4-2-1-3-5-19/h1-9,20H,10-16H2,(H,28,31)(H2,27,29,32). The first-order valence-electron chi connectivity index (χ1n) is 10.7. The highest BCUT2D eigenvalue weighted by atomic mass is 19.4. The molecule has 0 radical (unpaired) electrons. The molecule has 0 saturated carbocycles. The number of amides is 3. The molecule has 178 valence electrons. The van der Waals surface area contributed by atoms with E-state index in [0.29, 0.717) is 37.6 Å². The van der Waals surface area contributed by atoms with Crippen LogP contribution in [-0.4, -0.2) is 56.2 Å². The molecule has 3 N–H and O–H groups in total.